The van der Waals surface area contributed by atoms with Crippen molar-refractivity contribution >= 4 is 71.2 Å². The molecular formula is C16H22Cl6N2O2. The molecule has 2 saturated heterocycles. The number of nitrogens with zero attached hydrogens (tertiary/aromatic N) is 2. The van der Waals surface area contributed by atoms with Crippen LogP contribution in [-0.4, -0.2) is 62.4 Å². The first-order valence-electron chi connectivity index (χ1n) is 8.02. The van der Waals surface area contributed by atoms with Gasteiger partial charge in [-0.25, -0.2) is 0 Å². The maximum absolute atomic E-state index is 6.54. The van der Waals surface area contributed by atoms with E-state index in [1.54, 1.807) is 0 Å². The molecule has 0 N–H and O–H groups in total. The van der Waals surface area contributed by atoms with Crippen molar-refractivity contribution in [1.82, 2.24) is 9.80 Å². The summed E-state index contributed by atoms with van der Waals surface area (Å²) in [6, 6.07) is 0. The van der Waals surface area contributed by atoms with Crippen LogP contribution >= 0.6 is 71.2 Å². The van der Waals surface area contributed by atoms with Crippen LogP contribution in [0.2, 0.25) is 20.1 Å². The minimum absolute atomic E-state index is 0. The minimum Gasteiger partial charge on any atom is -0.379 e. The van der Waals surface area contributed by atoms with Crippen molar-refractivity contribution in [2.75, 3.05) is 52.6 Å². The van der Waals surface area contributed by atoms with E-state index in [1.807, 2.05) is 0 Å². The van der Waals surface area contributed by atoms with Crippen LogP contribution in [0, 0.1) is 0 Å². The van der Waals surface area contributed by atoms with Crippen molar-refractivity contribution in [2.45, 2.75) is 13.1 Å². The smallest absolute Gasteiger partial charge is 0.0656 e. The highest BCUT2D eigenvalue weighted by Gasteiger charge is 2.24. The molecule has 0 aliphatic carbocycles. The van der Waals surface area contributed by atoms with Gasteiger partial charge in [-0.15, -0.1) is 24.8 Å². The van der Waals surface area contributed by atoms with Crippen molar-refractivity contribution in [3.8, 4) is 0 Å². The Balaban J connectivity index is 0.00000169. The van der Waals surface area contributed by atoms with E-state index in [1.165, 1.54) is 0 Å². The van der Waals surface area contributed by atoms with Crippen LogP contribution < -0.4 is 0 Å². The molecule has 10 heteroatoms. The number of benzene rings is 1. The molecule has 150 valence electrons. The molecule has 2 fully saturated rings. The summed E-state index contributed by atoms with van der Waals surface area (Å²) in [6.45, 7) is 7.48. The summed E-state index contributed by atoms with van der Waals surface area (Å²) in [4.78, 5) is 4.48. The first kappa shape index (κ1) is 24.8. The van der Waals surface area contributed by atoms with Crippen molar-refractivity contribution in [3.63, 3.8) is 0 Å². The first-order valence-corrected chi connectivity index (χ1v) is 9.53. The molecule has 2 aliphatic heterocycles. The predicted molar refractivity (Wildman–Crippen MR) is 113 cm³/mol. The van der Waals surface area contributed by atoms with Gasteiger partial charge in [-0.05, 0) is 0 Å². The number of rotatable bonds is 4. The topological polar surface area (TPSA) is 24.9 Å². The van der Waals surface area contributed by atoms with Crippen LogP contribution in [0.5, 0.6) is 0 Å². The Morgan fingerprint density at radius 3 is 1.12 bits per heavy atom. The molecule has 26 heavy (non-hydrogen) atoms. The maximum atomic E-state index is 6.54. The van der Waals surface area contributed by atoms with Crippen LogP contribution in [0.3, 0.4) is 0 Å². The molecule has 0 amide bonds. The lowest BCUT2D eigenvalue weighted by molar-refractivity contribution is 0.0337. The zero-order valence-electron chi connectivity index (χ0n) is 14.1. The third kappa shape index (κ3) is 5.90. The van der Waals surface area contributed by atoms with Crippen LogP contribution in [0.25, 0.3) is 0 Å². The second-order valence-electron chi connectivity index (χ2n) is 5.99. The quantitative estimate of drug-likeness (QED) is 0.570. The second-order valence-corrected chi connectivity index (χ2v) is 7.50. The van der Waals surface area contributed by atoms with E-state index in [2.05, 4.69) is 9.80 Å². The fraction of sp³-hybridized carbons (Fsp3) is 0.625. The minimum atomic E-state index is 0. The lowest BCUT2D eigenvalue weighted by Crippen LogP contribution is -2.36. The molecule has 0 radical (unpaired) electrons. The number of hydrogen-bond acceptors (Lipinski definition) is 4. The van der Waals surface area contributed by atoms with Gasteiger partial charge in [-0.2, -0.15) is 0 Å². The SMILES string of the molecule is Cl.Cl.Clc1c(Cl)c(CN2CCOCC2)c(Cl)c(Cl)c1CN1CCOCC1. The summed E-state index contributed by atoms with van der Waals surface area (Å²) in [5.41, 5.74) is 1.59. The van der Waals surface area contributed by atoms with Gasteiger partial charge in [-0.3, -0.25) is 9.80 Å². The fourth-order valence-electron chi connectivity index (χ4n) is 2.97. The summed E-state index contributed by atoms with van der Waals surface area (Å²) in [5, 5.41) is 2.00. The van der Waals surface area contributed by atoms with E-state index in [-0.39, 0.29) is 24.8 Å². The second kappa shape index (κ2) is 11.7. The van der Waals surface area contributed by atoms with Crippen LogP contribution in [0.1, 0.15) is 11.1 Å². The number of ether oxygens (including phenoxy) is 2. The van der Waals surface area contributed by atoms with E-state index < -0.39 is 0 Å². The monoisotopic (exact) mass is 484 g/mol. The largest absolute Gasteiger partial charge is 0.379 e. The molecule has 0 spiro atoms. The number of morpholine rings is 2. The average Bonchev–Trinajstić information content (AvgIpc) is 2.62. The van der Waals surface area contributed by atoms with Crippen molar-refractivity contribution in [3.05, 3.63) is 31.2 Å². The number of hydrogen-bond donors (Lipinski definition) is 0. The van der Waals surface area contributed by atoms with Crippen LogP contribution in [-0.2, 0) is 22.6 Å². The molecular weight excluding hydrogens is 465 g/mol. The van der Waals surface area contributed by atoms with Gasteiger partial charge in [0.05, 0.1) is 46.5 Å². The standard InChI is InChI=1S/C16H20Cl4N2O2.2ClH/c17-13-11(9-21-1-5-23-6-2-21)14(18)16(20)12(15(13)19)10-22-3-7-24-8-4-22;;/h1-10H2;2*1H. The molecule has 0 unspecified atom stereocenters. The van der Waals surface area contributed by atoms with E-state index >= 15 is 0 Å². The van der Waals surface area contributed by atoms with Gasteiger partial charge in [0.2, 0.25) is 0 Å². The summed E-state index contributed by atoms with van der Waals surface area (Å²) >= 11 is 26.1. The Bertz CT molecular complexity index is 513. The van der Waals surface area contributed by atoms with Gasteiger partial charge in [0.1, 0.15) is 0 Å². The Morgan fingerprint density at radius 2 is 0.846 bits per heavy atom. The zero-order valence-corrected chi connectivity index (χ0v) is 18.8. The number of halogens is 6. The highest BCUT2D eigenvalue weighted by atomic mass is 35.5. The Labute approximate surface area is 186 Å². The van der Waals surface area contributed by atoms with E-state index in [0.717, 1.165) is 37.3 Å². The van der Waals surface area contributed by atoms with Gasteiger partial charge in [-0.1, -0.05) is 46.4 Å². The highest BCUT2D eigenvalue weighted by Crippen LogP contribution is 2.42. The lowest BCUT2D eigenvalue weighted by Gasteiger charge is -2.29. The van der Waals surface area contributed by atoms with Crippen molar-refractivity contribution in [2.24, 2.45) is 0 Å². The van der Waals surface area contributed by atoms with Crippen molar-refractivity contribution < 1.29 is 9.47 Å². The first-order chi connectivity index (χ1) is 11.6. The Hall–Kier alpha value is 0.800. The maximum Gasteiger partial charge on any atom is 0.0656 e. The molecule has 2 heterocycles. The molecule has 0 bridgehead atoms. The summed E-state index contributed by atoms with van der Waals surface area (Å²) in [5.74, 6) is 0. The predicted octanol–water partition coefficient (Wildman–Crippen LogP) is 4.81. The third-order valence-corrected chi connectivity index (χ3v) is 6.28. The summed E-state index contributed by atoms with van der Waals surface area (Å²) in [7, 11) is 0. The molecule has 1 aromatic carbocycles. The lowest BCUT2D eigenvalue weighted by atomic mass is 10.1. The molecule has 0 saturated carbocycles. The van der Waals surface area contributed by atoms with Crippen molar-refractivity contribution in [1.29, 1.82) is 0 Å². The third-order valence-electron chi connectivity index (χ3n) is 4.42. The van der Waals surface area contributed by atoms with Gasteiger partial charge in [0.15, 0.2) is 0 Å². The fourth-order valence-corrected chi connectivity index (χ4v) is 4.14. The van der Waals surface area contributed by atoms with E-state index in [4.69, 9.17) is 55.9 Å². The zero-order chi connectivity index (χ0) is 17.1. The average molecular weight is 487 g/mol. The molecule has 2 aliphatic rings. The van der Waals surface area contributed by atoms with Gasteiger partial charge >= 0.3 is 0 Å². The molecule has 3 rings (SSSR count). The van der Waals surface area contributed by atoms with Crippen LogP contribution in [0.15, 0.2) is 0 Å². The molecule has 1 aromatic rings. The van der Waals surface area contributed by atoms with E-state index in [9.17, 15) is 0 Å². The molecule has 4 nitrogen and oxygen atoms in total. The summed E-state index contributed by atoms with van der Waals surface area (Å²) in [6.07, 6.45) is 0. The molecule has 0 aromatic heterocycles. The Morgan fingerprint density at radius 1 is 0.577 bits per heavy atom. The van der Waals surface area contributed by atoms with Crippen LogP contribution in [0.4, 0.5) is 0 Å². The Kier molecular flexibility index (Phi) is 11.2. The van der Waals surface area contributed by atoms with E-state index in [0.29, 0.717) is 59.6 Å². The normalized spacial score (nSPS) is 18.9. The highest BCUT2D eigenvalue weighted by molar-refractivity contribution is 6.48. The molecule has 0 atom stereocenters. The summed E-state index contributed by atoms with van der Waals surface area (Å²) < 4.78 is 10.7. The van der Waals surface area contributed by atoms with Gasteiger partial charge in [0, 0.05) is 50.4 Å². The van der Waals surface area contributed by atoms with Gasteiger partial charge < -0.3 is 9.47 Å². The van der Waals surface area contributed by atoms with Gasteiger partial charge in [0.25, 0.3) is 0 Å².